The summed E-state index contributed by atoms with van der Waals surface area (Å²) >= 11 is 1.34. The summed E-state index contributed by atoms with van der Waals surface area (Å²) in [5.74, 6) is 2.15. The number of sulfone groups is 1. The number of nitrogens with one attached hydrogen (secondary N) is 2. The summed E-state index contributed by atoms with van der Waals surface area (Å²) in [5.41, 5.74) is 1.43. The van der Waals surface area contributed by atoms with E-state index in [1.165, 1.54) is 23.9 Å². The smallest absolute Gasteiger partial charge is 0.204 e. The molecule has 0 atom stereocenters. The van der Waals surface area contributed by atoms with Crippen LogP contribution in [-0.2, 0) is 15.6 Å². The molecule has 4 aromatic rings. The maximum absolute atomic E-state index is 13.0. The molecule has 1 saturated heterocycles. The Morgan fingerprint density at radius 1 is 1.07 bits per heavy atom. The quantitative estimate of drug-likeness (QED) is 0.195. The van der Waals surface area contributed by atoms with Gasteiger partial charge in [0.2, 0.25) is 5.75 Å². The van der Waals surface area contributed by atoms with Gasteiger partial charge in [0.25, 0.3) is 0 Å². The number of H-pyrrole nitrogens is 1. The number of piperazine rings is 1. The lowest BCUT2D eigenvalue weighted by atomic mass is 10.2. The molecule has 0 bridgehead atoms. The number of aromatic amines is 1. The first-order chi connectivity index (χ1) is 21.1. The number of hydrogen-bond acceptors (Lipinski definition) is 12. The van der Waals surface area contributed by atoms with Crippen LogP contribution >= 0.6 is 11.8 Å². The van der Waals surface area contributed by atoms with E-state index in [0.717, 1.165) is 49.9 Å². The number of ether oxygens (including phenoxy) is 1. The lowest BCUT2D eigenvalue weighted by Gasteiger charge is -2.36. The highest BCUT2D eigenvalue weighted by molar-refractivity contribution is 7.99. The van der Waals surface area contributed by atoms with Gasteiger partial charge in [0.15, 0.2) is 32.4 Å². The fourth-order valence-electron chi connectivity index (χ4n) is 4.85. The lowest BCUT2D eigenvalue weighted by Crippen LogP contribution is -2.48. The van der Waals surface area contributed by atoms with E-state index in [1.54, 1.807) is 43.5 Å². The molecule has 0 unspecified atom stereocenters. The highest BCUT2D eigenvalue weighted by Crippen LogP contribution is 2.38. The molecule has 14 heteroatoms. The summed E-state index contributed by atoms with van der Waals surface area (Å²) in [5, 5.41) is 20.7. The third-order valence-electron chi connectivity index (χ3n) is 7.18. The van der Waals surface area contributed by atoms with Crippen molar-refractivity contribution in [2.45, 2.75) is 27.6 Å². The van der Waals surface area contributed by atoms with Crippen molar-refractivity contribution in [2.75, 3.05) is 70.7 Å². The van der Waals surface area contributed by atoms with Gasteiger partial charge in [-0.05, 0) is 74.7 Å². The van der Waals surface area contributed by atoms with Crippen molar-refractivity contribution >= 4 is 39.1 Å². The largest absolute Gasteiger partial charge is 0.508 e. The normalized spacial score (nSPS) is 14.2. The molecule has 0 amide bonds. The van der Waals surface area contributed by atoms with Gasteiger partial charge in [0.05, 0.1) is 17.8 Å². The second-order valence-electron chi connectivity index (χ2n) is 10.9. The Kier molecular flexibility index (Phi) is 9.93. The van der Waals surface area contributed by atoms with Crippen LogP contribution < -0.4 is 15.0 Å². The first-order valence-electron chi connectivity index (χ1n) is 14.3. The SMILES string of the molecule is COc1c(Nc2cc(C)[nH]n2)nc(Sc2ccc(S(=O)(=O)Cc3cccc(O)c3)cc2)nc1N1CCN(CCN(C)C)CC1. The summed E-state index contributed by atoms with van der Waals surface area (Å²) in [6.45, 7) is 7.33. The molecule has 0 saturated carbocycles. The average Bonchev–Trinajstić information content (AvgIpc) is 3.40. The molecule has 44 heavy (non-hydrogen) atoms. The summed E-state index contributed by atoms with van der Waals surface area (Å²) in [4.78, 5) is 17.5. The zero-order chi connectivity index (χ0) is 31.3. The summed E-state index contributed by atoms with van der Waals surface area (Å²) < 4.78 is 31.9. The second-order valence-corrected chi connectivity index (χ2v) is 13.9. The van der Waals surface area contributed by atoms with Gasteiger partial charge >= 0.3 is 0 Å². The predicted molar refractivity (Wildman–Crippen MR) is 172 cm³/mol. The van der Waals surface area contributed by atoms with Crippen LogP contribution in [0, 0.1) is 6.92 Å². The third-order valence-corrected chi connectivity index (χ3v) is 9.75. The van der Waals surface area contributed by atoms with Crippen LogP contribution in [0.5, 0.6) is 11.5 Å². The van der Waals surface area contributed by atoms with Crippen molar-refractivity contribution in [3.05, 3.63) is 65.9 Å². The van der Waals surface area contributed by atoms with E-state index in [9.17, 15) is 13.5 Å². The van der Waals surface area contributed by atoms with Gasteiger partial charge in [-0.25, -0.2) is 18.4 Å². The molecule has 1 aliphatic rings. The summed E-state index contributed by atoms with van der Waals surface area (Å²) in [6, 6.07) is 14.8. The molecule has 2 aromatic carbocycles. The Bertz CT molecular complexity index is 1670. The number of hydrogen-bond donors (Lipinski definition) is 3. The first kappa shape index (κ1) is 31.6. The minimum absolute atomic E-state index is 0.0331. The van der Waals surface area contributed by atoms with E-state index in [4.69, 9.17) is 14.7 Å². The van der Waals surface area contributed by atoms with Crippen LogP contribution in [-0.4, -0.2) is 104 Å². The summed E-state index contributed by atoms with van der Waals surface area (Å²) in [7, 11) is 2.17. The molecular formula is C30H38N8O4S2. The number of benzene rings is 2. The van der Waals surface area contributed by atoms with Gasteiger partial charge in [0, 0.05) is 55.9 Å². The van der Waals surface area contributed by atoms with Gasteiger partial charge in [-0.1, -0.05) is 12.1 Å². The molecule has 234 valence electrons. The van der Waals surface area contributed by atoms with E-state index in [1.807, 2.05) is 13.0 Å². The predicted octanol–water partition coefficient (Wildman–Crippen LogP) is 3.77. The zero-order valence-electron chi connectivity index (χ0n) is 25.3. The Hall–Kier alpha value is -3.85. The number of methoxy groups -OCH3 is 1. The lowest BCUT2D eigenvalue weighted by molar-refractivity contribution is 0.228. The molecular weight excluding hydrogens is 601 g/mol. The van der Waals surface area contributed by atoms with Gasteiger partial charge in [0.1, 0.15) is 5.75 Å². The van der Waals surface area contributed by atoms with Crippen molar-refractivity contribution in [2.24, 2.45) is 0 Å². The van der Waals surface area contributed by atoms with E-state index >= 15 is 0 Å². The highest BCUT2D eigenvalue weighted by Gasteiger charge is 2.25. The van der Waals surface area contributed by atoms with Crippen LogP contribution in [0.4, 0.5) is 17.5 Å². The zero-order valence-corrected chi connectivity index (χ0v) is 27.0. The van der Waals surface area contributed by atoms with Crippen LogP contribution in [0.2, 0.25) is 0 Å². The Balaban J connectivity index is 1.39. The van der Waals surface area contributed by atoms with Crippen LogP contribution in [0.25, 0.3) is 0 Å². The molecule has 3 heterocycles. The van der Waals surface area contributed by atoms with Gasteiger partial charge in [-0.15, -0.1) is 0 Å². The molecule has 0 spiro atoms. The number of anilines is 3. The molecule has 0 aliphatic carbocycles. The Morgan fingerprint density at radius 3 is 2.45 bits per heavy atom. The van der Waals surface area contributed by atoms with Crippen molar-refractivity contribution < 1.29 is 18.3 Å². The average molecular weight is 639 g/mol. The van der Waals surface area contributed by atoms with Gasteiger partial charge in [-0.3, -0.25) is 10.00 Å². The monoisotopic (exact) mass is 638 g/mol. The molecule has 1 aliphatic heterocycles. The molecule has 1 fully saturated rings. The van der Waals surface area contributed by atoms with Crippen molar-refractivity contribution in [3.8, 4) is 11.5 Å². The number of aromatic nitrogens is 4. The van der Waals surface area contributed by atoms with Gasteiger partial charge in [-0.2, -0.15) is 5.10 Å². The first-order valence-corrected chi connectivity index (χ1v) is 16.7. The molecule has 3 N–H and O–H groups in total. The topological polar surface area (TPSA) is 140 Å². The second kappa shape index (κ2) is 13.8. The number of likely N-dealkylation sites (N-methyl/N-ethyl adjacent to an activating group) is 1. The number of aromatic hydroxyl groups is 1. The number of phenols is 1. The maximum atomic E-state index is 13.0. The number of rotatable bonds is 12. The fraction of sp³-hybridized carbons (Fsp3) is 0.367. The van der Waals surface area contributed by atoms with Crippen LogP contribution in [0.15, 0.2) is 69.5 Å². The Labute approximate surface area is 262 Å². The van der Waals surface area contributed by atoms with Gasteiger partial charge < -0.3 is 25.0 Å². The number of aryl methyl sites for hydroxylation is 1. The number of nitrogens with zero attached hydrogens (tertiary/aromatic N) is 6. The van der Waals surface area contributed by atoms with Crippen molar-refractivity contribution in [1.82, 2.24) is 30.0 Å². The highest BCUT2D eigenvalue weighted by atomic mass is 32.2. The molecule has 0 radical (unpaired) electrons. The number of phenolic OH excluding ortho intramolecular Hbond substituents is 1. The minimum atomic E-state index is -3.60. The van der Waals surface area contributed by atoms with Crippen LogP contribution in [0.3, 0.4) is 0 Å². The molecule has 12 nitrogen and oxygen atoms in total. The van der Waals surface area contributed by atoms with E-state index in [2.05, 4.69) is 44.3 Å². The Morgan fingerprint density at radius 2 is 1.82 bits per heavy atom. The molecule has 5 rings (SSSR count). The maximum Gasteiger partial charge on any atom is 0.204 e. The third kappa shape index (κ3) is 8.00. The fourth-order valence-corrected chi connectivity index (χ4v) is 6.94. The van der Waals surface area contributed by atoms with E-state index in [-0.39, 0.29) is 16.4 Å². The van der Waals surface area contributed by atoms with Crippen molar-refractivity contribution in [3.63, 3.8) is 0 Å². The van der Waals surface area contributed by atoms with E-state index in [0.29, 0.717) is 33.9 Å². The van der Waals surface area contributed by atoms with Crippen molar-refractivity contribution in [1.29, 1.82) is 0 Å². The standard InChI is InChI=1S/C30H38N8O4S2/c1-21-18-26(35-34-21)31-28-27(42-4)29(38-16-14-37(15-17-38)13-12-36(2)3)33-30(32-28)43-24-8-10-25(11-9-24)44(40,41)20-22-6-5-7-23(39)19-22/h5-11,18-19,39H,12-17,20H2,1-4H3,(H2,31,32,33,34,35). The van der Waals surface area contributed by atoms with E-state index < -0.39 is 9.84 Å². The summed E-state index contributed by atoms with van der Waals surface area (Å²) in [6.07, 6.45) is 0. The minimum Gasteiger partial charge on any atom is -0.508 e. The molecule has 2 aromatic heterocycles. The van der Waals surface area contributed by atoms with Crippen LogP contribution in [0.1, 0.15) is 11.3 Å².